The van der Waals surface area contributed by atoms with Crippen molar-refractivity contribution in [2.45, 2.75) is 44.7 Å². The van der Waals surface area contributed by atoms with E-state index in [0.717, 1.165) is 18.4 Å². The number of hydrogen-bond donors (Lipinski definition) is 3. The van der Waals surface area contributed by atoms with Crippen LogP contribution in [0.25, 0.3) is 0 Å². The van der Waals surface area contributed by atoms with Gasteiger partial charge in [0.1, 0.15) is 0 Å². The van der Waals surface area contributed by atoms with E-state index in [1.54, 1.807) is 12.1 Å². The standard InChI is InChI=1S/C19H25N3O4S.C2HF3O2/c1-4-6-11-22(5-2)18-17(12-15(13-20-18)19(23)24)21-27(25,26)16-9-7-14(3)8-10-16;3-2(4,5)1(6)7/h7-10,12-13,21H,4-6,11H2,1-3H3,(H,23,24);(H,6,7). The predicted molar refractivity (Wildman–Crippen MR) is 120 cm³/mol. The highest BCUT2D eigenvalue weighted by molar-refractivity contribution is 7.92. The molecule has 0 aliphatic rings. The maximum Gasteiger partial charge on any atom is 0.490 e. The third-order valence-electron chi connectivity index (χ3n) is 4.39. The number of hydrogen-bond acceptors (Lipinski definition) is 6. The minimum Gasteiger partial charge on any atom is -0.478 e. The summed E-state index contributed by atoms with van der Waals surface area (Å²) >= 11 is 0. The van der Waals surface area contributed by atoms with Gasteiger partial charge in [-0.15, -0.1) is 0 Å². The fraction of sp³-hybridized carbons (Fsp3) is 0.381. The van der Waals surface area contributed by atoms with Gasteiger partial charge in [0.05, 0.1) is 16.1 Å². The average Bonchev–Trinajstić information content (AvgIpc) is 2.74. The zero-order valence-corrected chi connectivity index (χ0v) is 19.6. The quantitative estimate of drug-likeness (QED) is 0.462. The lowest BCUT2D eigenvalue weighted by Gasteiger charge is -2.24. The number of nitrogens with one attached hydrogen (secondary N) is 1. The number of benzene rings is 1. The summed E-state index contributed by atoms with van der Waals surface area (Å²) in [5.74, 6) is -3.50. The number of sulfonamides is 1. The van der Waals surface area contributed by atoms with Crippen LogP contribution in [0, 0.1) is 6.92 Å². The number of carbonyl (C=O) groups is 2. The number of carboxylic acids is 2. The molecule has 1 heterocycles. The number of unbranched alkanes of at least 4 members (excludes halogenated alkanes) is 1. The fourth-order valence-electron chi connectivity index (χ4n) is 2.59. The molecule has 2 rings (SSSR count). The largest absolute Gasteiger partial charge is 0.490 e. The molecule has 1 aromatic heterocycles. The molecule has 0 saturated heterocycles. The second-order valence-electron chi connectivity index (χ2n) is 7.05. The van der Waals surface area contributed by atoms with Gasteiger partial charge in [-0.25, -0.2) is 23.0 Å². The van der Waals surface area contributed by atoms with Crippen LogP contribution >= 0.6 is 0 Å². The number of anilines is 2. The first-order chi connectivity index (χ1) is 15.7. The molecule has 0 atom stereocenters. The number of alkyl halides is 3. The molecule has 0 amide bonds. The lowest BCUT2D eigenvalue weighted by atomic mass is 10.2. The molecule has 0 bridgehead atoms. The summed E-state index contributed by atoms with van der Waals surface area (Å²) in [5, 5.41) is 16.4. The molecule has 13 heteroatoms. The van der Waals surface area contributed by atoms with E-state index in [1.807, 2.05) is 18.7 Å². The Balaban J connectivity index is 0.000000718. The summed E-state index contributed by atoms with van der Waals surface area (Å²) in [7, 11) is -3.87. The third-order valence-corrected chi connectivity index (χ3v) is 5.78. The maximum atomic E-state index is 12.8. The smallest absolute Gasteiger partial charge is 0.478 e. The van der Waals surface area contributed by atoms with Gasteiger partial charge in [-0.1, -0.05) is 31.0 Å². The second-order valence-corrected chi connectivity index (χ2v) is 8.74. The van der Waals surface area contributed by atoms with E-state index >= 15 is 0 Å². The van der Waals surface area contributed by atoms with Crippen LogP contribution in [0.15, 0.2) is 41.4 Å². The Morgan fingerprint density at radius 1 is 1.12 bits per heavy atom. The van der Waals surface area contributed by atoms with E-state index in [4.69, 9.17) is 9.90 Å². The maximum absolute atomic E-state index is 12.8. The number of halogens is 3. The first kappa shape index (κ1) is 28.7. The summed E-state index contributed by atoms with van der Waals surface area (Å²) in [4.78, 5) is 26.5. The first-order valence-electron chi connectivity index (χ1n) is 10.1. The molecule has 3 N–H and O–H groups in total. The molecule has 188 valence electrons. The fourth-order valence-corrected chi connectivity index (χ4v) is 3.64. The number of aromatic nitrogens is 1. The zero-order chi connectivity index (χ0) is 26.1. The highest BCUT2D eigenvalue weighted by Crippen LogP contribution is 2.27. The van der Waals surface area contributed by atoms with Gasteiger partial charge in [0.2, 0.25) is 0 Å². The lowest BCUT2D eigenvalue weighted by molar-refractivity contribution is -0.192. The Morgan fingerprint density at radius 2 is 1.68 bits per heavy atom. The Labute approximate surface area is 195 Å². The molecule has 0 saturated carbocycles. The Bertz CT molecular complexity index is 1090. The molecular weight excluding hydrogens is 479 g/mol. The van der Waals surface area contributed by atoms with Gasteiger partial charge in [0.15, 0.2) is 5.82 Å². The van der Waals surface area contributed by atoms with Crippen molar-refractivity contribution in [3.8, 4) is 0 Å². The molecule has 1 aromatic carbocycles. The van der Waals surface area contributed by atoms with Crippen LogP contribution < -0.4 is 9.62 Å². The van der Waals surface area contributed by atoms with Crippen molar-refractivity contribution in [2.75, 3.05) is 22.7 Å². The van der Waals surface area contributed by atoms with Gasteiger partial charge in [-0.05, 0) is 38.5 Å². The van der Waals surface area contributed by atoms with Crippen molar-refractivity contribution in [1.82, 2.24) is 4.98 Å². The molecule has 0 unspecified atom stereocenters. The molecule has 34 heavy (non-hydrogen) atoms. The van der Waals surface area contributed by atoms with Crippen LogP contribution in [0.1, 0.15) is 42.6 Å². The van der Waals surface area contributed by atoms with Crippen LogP contribution in [0.5, 0.6) is 0 Å². The summed E-state index contributed by atoms with van der Waals surface area (Å²) < 4.78 is 59.8. The Hall–Kier alpha value is -3.35. The molecule has 0 aliphatic heterocycles. The van der Waals surface area contributed by atoms with Gasteiger partial charge in [-0.3, -0.25) is 4.72 Å². The number of pyridine rings is 1. The van der Waals surface area contributed by atoms with E-state index in [2.05, 4.69) is 16.6 Å². The van der Waals surface area contributed by atoms with Gasteiger partial charge >= 0.3 is 18.1 Å². The van der Waals surface area contributed by atoms with Crippen LogP contribution in [-0.4, -0.2) is 54.8 Å². The second kappa shape index (κ2) is 12.2. The number of aromatic carboxylic acids is 1. The third kappa shape index (κ3) is 8.54. The van der Waals surface area contributed by atoms with Crippen molar-refractivity contribution in [1.29, 1.82) is 0 Å². The first-order valence-corrected chi connectivity index (χ1v) is 11.6. The molecule has 0 spiro atoms. The van der Waals surface area contributed by atoms with Gasteiger partial charge in [-0.2, -0.15) is 13.2 Å². The SMILES string of the molecule is CCCCN(CC)c1ncc(C(=O)O)cc1NS(=O)(=O)c1ccc(C)cc1.O=C(O)C(F)(F)F. The number of carboxylic acid groups (broad SMARTS) is 2. The highest BCUT2D eigenvalue weighted by Gasteiger charge is 2.38. The van der Waals surface area contributed by atoms with Crippen molar-refractivity contribution < 1.29 is 41.4 Å². The molecule has 9 nitrogen and oxygen atoms in total. The predicted octanol–water partition coefficient (Wildman–Crippen LogP) is 4.15. The van der Waals surface area contributed by atoms with Crippen molar-refractivity contribution in [3.05, 3.63) is 47.7 Å². The van der Waals surface area contributed by atoms with Crippen LogP contribution in [0.2, 0.25) is 0 Å². The van der Waals surface area contributed by atoms with Crippen LogP contribution in [0.4, 0.5) is 24.7 Å². The molecular formula is C21H26F3N3O6S. The van der Waals surface area contributed by atoms with Crippen LogP contribution in [0.3, 0.4) is 0 Å². The number of nitrogens with zero attached hydrogens (tertiary/aromatic N) is 2. The van der Waals surface area contributed by atoms with E-state index in [9.17, 15) is 31.5 Å². The van der Waals surface area contributed by atoms with Crippen molar-refractivity contribution >= 4 is 33.5 Å². The normalized spacial score (nSPS) is 11.2. The number of rotatable bonds is 9. The van der Waals surface area contributed by atoms with Crippen molar-refractivity contribution in [3.63, 3.8) is 0 Å². The minimum atomic E-state index is -5.08. The summed E-state index contributed by atoms with van der Waals surface area (Å²) in [6, 6.07) is 7.76. The molecule has 0 aliphatic carbocycles. The van der Waals surface area contributed by atoms with Gasteiger partial charge in [0.25, 0.3) is 10.0 Å². The Kier molecular flexibility index (Phi) is 10.3. The summed E-state index contributed by atoms with van der Waals surface area (Å²) in [5.41, 5.74) is 1.03. The van der Waals surface area contributed by atoms with E-state index in [1.165, 1.54) is 24.4 Å². The molecule has 0 fully saturated rings. The lowest BCUT2D eigenvalue weighted by Crippen LogP contribution is -2.27. The van der Waals surface area contributed by atoms with E-state index in [-0.39, 0.29) is 16.1 Å². The molecule has 2 aromatic rings. The Morgan fingerprint density at radius 3 is 2.12 bits per heavy atom. The van der Waals surface area contributed by atoms with Crippen LogP contribution in [-0.2, 0) is 14.8 Å². The monoisotopic (exact) mass is 505 g/mol. The minimum absolute atomic E-state index is 0.0769. The number of aryl methyl sites for hydroxylation is 1. The number of aliphatic carboxylic acids is 1. The molecule has 0 radical (unpaired) electrons. The topological polar surface area (TPSA) is 137 Å². The van der Waals surface area contributed by atoms with Gasteiger partial charge < -0.3 is 15.1 Å². The summed E-state index contributed by atoms with van der Waals surface area (Å²) in [6.45, 7) is 7.20. The highest BCUT2D eigenvalue weighted by atomic mass is 32.2. The summed E-state index contributed by atoms with van der Waals surface area (Å²) in [6.07, 6.45) is -1.94. The zero-order valence-electron chi connectivity index (χ0n) is 18.8. The van der Waals surface area contributed by atoms with E-state index < -0.39 is 28.1 Å². The van der Waals surface area contributed by atoms with Gasteiger partial charge in [0, 0.05) is 19.3 Å². The van der Waals surface area contributed by atoms with E-state index in [0.29, 0.717) is 18.9 Å². The van der Waals surface area contributed by atoms with Crippen molar-refractivity contribution in [2.24, 2.45) is 0 Å². The average molecular weight is 506 g/mol.